The monoisotopic (exact) mass is 331 g/mol. The van der Waals surface area contributed by atoms with Gasteiger partial charge in [-0.3, -0.25) is 4.79 Å². The SMILES string of the molecule is O=C1NCCc2c(NCCN3CCCOC3=O)nc(C3CC3)nc21. The van der Waals surface area contributed by atoms with Gasteiger partial charge in [-0.05, 0) is 25.7 Å². The number of anilines is 1. The summed E-state index contributed by atoms with van der Waals surface area (Å²) in [5, 5.41) is 6.14. The summed E-state index contributed by atoms with van der Waals surface area (Å²) in [6.07, 6.45) is 3.49. The molecule has 4 rings (SSSR count). The van der Waals surface area contributed by atoms with Crippen molar-refractivity contribution in [3.05, 3.63) is 17.1 Å². The topological polar surface area (TPSA) is 96.5 Å². The largest absolute Gasteiger partial charge is 0.449 e. The molecule has 0 radical (unpaired) electrons. The number of nitrogens with one attached hydrogen (secondary N) is 2. The normalized spacial score (nSPS) is 20.2. The zero-order valence-corrected chi connectivity index (χ0v) is 13.5. The van der Waals surface area contributed by atoms with Crippen molar-refractivity contribution in [1.82, 2.24) is 20.2 Å². The molecule has 2 N–H and O–H groups in total. The van der Waals surface area contributed by atoms with Crippen LogP contribution < -0.4 is 10.6 Å². The molecule has 128 valence electrons. The van der Waals surface area contributed by atoms with Gasteiger partial charge in [-0.1, -0.05) is 0 Å². The average Bonchev–Trinajstić information content (AvgIpc) is 3.42. The number of amides is 2. The predicted octanol–water partition coefficient (Wildman–Crippen LogP) is 0.894. The Balaban J connectivity index is 1.49. The number of ether oxygens (including phenoxy) is 1. The maximum absolute atomic E-state index is 12.1. The van der Waals surface area contributed by atoms with Crippen LogP contribution in [0.1, 0.15) is 47.1 Å². The molecule has 0 spiro atoms. The van der Waals surface area contributed by atoms with Crippen molar-refractivity contribution in [2.45, 2.75) is 31.6 Å². The van der Waals surface area contributed by atoms with Gasteiger partial charge in [0.25, 0.3) is 5.91 Å². The van der Waals surface area contributed by atoms with E-state index in [1.54, 1.807) is 4.90 Å². The molecule has 2 fully saturated rings. The molecule has 0 unspecified atom stereocenters. The Labute approximate surface area is 140 Å². The molecule has 0 aromatic carbocycles. The van der Waals surface area contributed by atoms with E-state index in [1.165, 1.54) is 0 Å². The van der Waals surface area contributed by atoms with Crippen LogP contribution >= 0.6 is 0 Å². The summed E-state index contributed by atoms with van der Waals surface area (Å²) in [5.41, 5.74) is 1.38. The van der Waals surface area contributed by atoms with Crippen molar-refractivity contribution in [3.63, 3.8) is 0 Å². The van der Waals surface area contributed by atoms with Gasteiger partial charge in [0.05, 0.1) is 6.61 Å². The maximum Gasteiger partial charge on any atom is 0.409 e. The minimum absolute atomic E-state index is 0.122. The van der Waals surface area contributed by atoms with Gasteiger partial charge in [-0.2, -0.15) is 0 Å². The summed E-state index contributed by atoms with van der Waals surface area (Å²) in [4.78, 5) is 34.6. The number of carbonyl (C=O) groups is 2. The highest BCUT2D eigenvalue weighted by Gasteiger charge is 2.31. The van der Waals surface area contributed by atoms with Crippen LogP contribution in [0.4, 0.5) is 10.6 Å². The standard InChI is InChI=1S/C16H21N5O3/c22-15-12-11(4-5-18-15)14(20-13(19-12)10-2-3-10)17-6-8-21-7-1-9-24-16(21)23/h10H,1-9H2,(H,18,22)(H,17,19,20). The van der Waals surface area contributed by atoms with E-state index in [0.717, 1.165) is 49.4 Å². The first-order valence-corrected chi connectivity index (χ1v) is 8.57. The molecule has 8 heteroatoms. The fraction of sp³-hybridized carbons (Fsp3) is 0.625. The third-order valence-electron chi connectivity index (χ3n) is 4.57. The second-order valence-electron chi connectivity index (χ2n) is 6.42. The van der Waals surface area contributed by atoms with Gasteiger partial charge in [0.1, 0.15) is 17.3 Å². The minimum atomic E-state index is -0.259. The summed E-state index contributed by atoms with van der Waals surface area (Å²) >= 11 is 0. The number of fused-ring (bicyclic) bond motifs is 1. The Morgan fingerprint density at radius 1 is 1.29 bits per heavy atom. The van der Waals surface area contributed by atoms with Gasteiger partial charge in [0.2, 0.25) is 0 Å². The number of hydrogen-bond acceptors (Lipinski definition) is 6. The first kappa shape index (κ1) is 15.2. The maximum atomic E-state index is 12.1. The third kappa shape index (κ3) is 3.00. The average molecular weight is 331 g/mol. The lowest BCUT2D eigenvalue weighted by Crippen LogP contribution is -2.40. The van der Waals surface area contributed by atoms with E-state index in [2.05, 4.69) is 20.6 Å². The summed E-state index contributed by atoms with van der Waals surface area (Å²) in [6.45, 7) is 2.96. The Kier molecular flexibility index (Phi) is 3.95. The smallest absolute Gasteiger partial charge is 0.409 e. The zero-order chi connectivity index (χ0) is 16.5. The molecule has 2 amide bonds. The van der Waals surface area contributed by atoms with Gasteiger partial charge >= 0.3 is 6.09 Å². The molecular weight excluding hydrogens is 310 g/mol. The van der Waals surface area contributed by atoms with E-state index in [0.29, 0.717) is 37.9 Å². The van der Waals surface area contributed by atoms with Gasteiger partial charge < -0.3 is 20.3 Å². The van der Waals surface area contributed by atoms with Crippen LogP contribution in [0, 0.1) is 0 Å². The Bertz CT molecular complexity index is 674. The minimum Gasteiger partial charge on any atom is -0.449 e. The summed E-state index contributed by atoms with van der Waals surface area (Å²) in [5.74, 6) is 1.75. The highest BCUT2D eigenvalue weighted by Crippen LogP contribution is 2.39. The van der Waals surface area contributed by atoms with Crippen LogP contribution in [0.2, 0.25) is 0 Å². The van der Waals surface area contributed by atoms with E-state index < -0.39 is 0 Å². The summed E-state index contributed by atoms with van der Waals surface area (Å²) in [6, 6.07) is 0. The van der Waals surface area contributed by atoms with E-state index in [9.17, 15) is 9.59 Å². The van der Waals surface area contributed by atoms with E-state index >= 15 is 0 Å². The fourth-order valence-corrected chi connectivity index (χ4v) is 3.09. The molecular formula is C16H21N5O3. The quantitative estimate of drug-likeness (QED) is 0.832. The number of cyclic esters (lactones) is 1. The lowest BCUT2D eigenvalue weighted by Gasteiger charge is -2.26. The van der Waals surface area contributed by atoms with Crippen LogP contribution in [0.15, 0.2) is 0 Å². The number of aromatic nitrogens is 2. The lowest BCUT2D eigenvalue weighted by atomic mass is 10.1. The molecule has 1 aromatic heterocycles. The van der Waals surface area contributed by atoms with Crippen LogP contribution in [0.25, 0.3) is 0 Å². The van der Waals surface area contributed by atoms with Crippen molar-refractivity contribution >= 4 is 17.8 Å². The van der Waals surface area contributed by atoms with Gasteiger partial charge in [-0.25, -0.2) is 14.8 Å². The second kappa shape index (κ2) is 6.26. The Hall–Kier alpha value is -2.38. The van der Waals surface area contributed by atoms with Gasteiger partial charge in [-0.15, -0.1) is 0 Å². The molecule has 2 aliphatic heterocycles. The van der Waals surface area contributed by atoms with E-state index in [1.807, 2.05) is 0 Å². The molecule has 3 heterocycles. The van der Waals surface area contributed by atoms with Crippen molar-refractivity contribution in [2.75, 3.05) is 38.1 Å². The molecule has 0 bridgehead atoms. The number of rotatable bonds is 5. The van der Waals surface area contributed by atoms with Crippen LogP contribution in [-0.4, -0.2) is 59.7 Å². The molecule has 0 atom stereocenters. The van der Waals surface area contributed by atoms with Crippen LogP contribution in [-0.2, 0) is 11.2 Å². The molecule has 8 nitrogen and oxygen atoms in total. The molecule has 1 aromatic rings. The van der Waals surface area contributed by atoms with Crippen LogP contribution in [0.3, 0.4) is 0 Å². The predicted molar refractivity (Wildman–Crippen MR) is 86.1 cm³/mol. The first-order valence-electron chi connectivity index (χ1n) is 8.57. The van der Waals surface area contributed by atoms with Crippen LogP contribution in [0.5, 0.6) is 0 Å². The van der Waals surface area contributed by atoms with Crippen molar-refractivity contribution in [1.29, 1.82) is 0 Å². The highest BCUT2D eigenvalue weighted by atomic mass is 16.6. The second-order valence-corrected chi connectivity index (χ2v) is 6.42. The Morgan fingerprint density at radius 3 is 2.96 bits per heavy atom. The zero-order valence-electron chi connectivity index (χ0n) is 13.5. The number of carbonyl (C=O) groups excluding carboxylic acids is 2. The van der Waals surface area contributed by atoms with Gasteiger partial charge in [0.15, 0.2) is 0 Å². The lowest BCUT2D eigenvalue weighted by molar-refractivity contribution is 0.0746. The molecule has 1 saturated heterocycles. The molecule has 3 aliphatic rings. The Morgan fingerprint density at radius 2 is 2.17 bits per heavy atom. The fourth-order valence-electron chi connectivity index (χ4n) is 3.09. The number of hydrogen-bond donors (Lipinski definition) is 2. The molecule has 1 saturated carbocycles. The summed E-state index contributed by atoms with van der Waals surface area (Å²) < 4.78 is 5.04. The van der Waals surface area contributed by atoms with Gasteiger partial charge in [0, 0.05) is 37.7 Å². The van der Waals surface area contributed by atoms with Crippen molar-refractivity contribution in [2.24, 2.45) is 0 Å². The number of nitrogens with zero attached hydrogens (tertiary/aromatic N) is 3. The molecule has 1 aliphatic carbocycles. The van der Waals surface area contributed by atoms with Crippen molar-refractivity contribution in [3.8, 4) is 0 Å². The first-order chi connectivity index (χ1) is 11.7. The van der Waals surface area contributed by atoms with Crippen molar-refractivity contribution < 1.29 is 14.3 Å². The summed E-state index contributed by atoms with van der Waals surface area (Å²) in [7, 11) is 0. The van der Waals surface area contributed by atoms with E-state index in [-0.39, 0.29) is 12.0 Å². The third-order valence-corrected chi connectivity index (χ3v) is 4.57. The highest BCUT2D eigenvalue weighted by molar-refractivity contribution is 5.96. The molecule has 24 heavy (non-hydrogen) atoms. The van der Waals surface area contributed by atoms with E-state index in [4.69, 9.17) is 4.74 Å².